The molecule has 1 aromatic rings. The zero-order chi connectivity index (χ0) is 8.97. The second-order valence-corrected chi connectivity index (χ2v) is 2.79. The third kappa shape index (κ3) is 2.12. The minimum absolute atomic E-state index is 0.829. The molecule has 0 saturated heterocycles. The van der Waals surface area contributed by atoms with Gasteiger partial charge in [0.05, 0.1) is 19.1 Å². The Balaban J connectivity index is 2.68. The van der Waals surface area contributed by atoms with Gasteiger partial charge in [-0.1, -0.05) is 0 Å². The number of nitrogens with two attached hydrogens (primary N) is 1. The number of hydrogen-bond acceptors (Lipinski definition) is 1. The van der Waals surface area contributed by atoms with Gasteiger partial charge in [-0.3, -0.25) is 10.3 Å². The molecule has 2 N–H and O–H groups in total. The van der Waals surface area contributed by atoms with Crippen molar-refractivity contribution in [2.24, 2.45) is 5.73 Å². The molecule has 66 valence electrons. The average Bonchev–Trinajstić information content (AvgIpc) is 2.51. The van der Waals surface area contributed by atoms with Crippen LogP contribution in [0.5, 0.6) is 0 Å². The number of hydrogen-bond donors (Lipinski definition) is 1. The van der Waals surface area contributed by atoms with E-state index in [1.165, 1.54) is 0 Å². The Morgan fingerprint density at radius 1 is 1.67 bits per heavy atom. The standard InChI is InChI=1S/C9H14N2O/c1-3-11(8(2)10)6-9-4-5-12-7-9/h4-5,7,10H,3,6H2,1-2H3/p+1. The van der Waals surface area contributed by atoms with Crippen molar-refractivity contribution in [3.63, 3.8) is 0 Å². The second-order valence-electron chi connectivity index (χ2n) is 2.79. The Hall–Kier alpha value is -1.25. The van der Waals surface area contributed by atoms with E-state index in [0.717, 1.165) is 24.5 Å². The number of amidine groups is 1. The van der Waals surface area contributed by atoms with Gasteiger partial charge in [0.25, 0.3) is 0 Å². The first-order valence-electron chi connectivity index (χ1n) is 4.09. The van der Waals surface area contributed by atoms with Gasteiger partial charge in [0.2, 0.25) is 5.84 Å². The van der Waals surface area contributed by atoms with Gasteiger partial charge >= 0.3 is 0 Å². The first-order valence-corrected chi connectivity index (χ1v) is 4.09. The van der Waals surface area contributed by atoms with Gasteiger partial charge in [0, 0.05) is 12.5 Å². The van der Waals surface area contributed by atoms with Gasteiger partial charge < -0.3 is 4.42 Å². The van der Waals surface area contributed by atoms with Crippen LogP contribution >= 0.6 is 0 Å². The van der Waals surface area contributed by atoms with E-state index in [0.29, 0.717) is 0 Å². The van der Waals surface area contributed by atoms with E-state index >= 15 is 0 Å². The number of furan rings is 1. The van der Waals surface area contributed by atoms with Gasteiger partial charge in [-0.15, -0.1) is 0 Å². The zero-order valence-corrected chi connectivity index (χ0v) is 7.58. The summed E-state index contributed by atoms with van der Waals surface area (Å²) in [6.07, 6.45) is 3.42. The molecule has 0 saturated carbocycles. The molecule has 3 heteroatoms. The highest BCUT2D eigenvalue weighted by Gasteiger charge is 2.03. The molecular formula is C9H15N2O+. The minimum atomic E-state index is 0.829. The predicted octanol–water partition coefficient (Wildman–Crippen LogP) is 1.19. The molecule has 0 fully saturated rings. The Morgan fingerprint density at radius 2 is 2.42 bits per heavy atom. The number of nitrogens with zero attached hydrogens (tertiary/aromatic N) is 1. The van der Waals surface area contributed by atoms with Gasteiger partial charge in [-0.2, -0.15) is 0 Å². The van der Waals surface area contributed by atoms with Crippen LogP contribution in [0.1, 0.15) is 19.4 Å². The molecule has 0 aromatic carbocycles. The first kappa shape index (κ1) is 8.84. The summed E-state index contributed by atoms with van der Waals surface area (Å²) >= 11 is 0. The molecule has 1 aromatic heterocycles. The Kier molecular flexibility index (Phi) is 2.91. The highest BCUT2D eigenvalue weighted by atomic mass is 16.3. The highest BCUT2D eigenvalue weighted by Crippen LogP contribution is 2.01. The molecule has 12 heavy (non-hydrogen) atoms. The van der Waals surface area contributed by atoms with Crippen LogP contribution in [0.4, 0.5) is 0 Å². The summed E-state index contributed by atoms with van der Waals surface area (Å²) in [7, 11) is 0. The quantitative estimate of drug-likeness (QED) is 0.417. The van der Waals surface area contributed by atoms with Crippen molar-refractivity contribution in [1.82, 2.24) is 0 Å². The topological polar surface area (TPSA) is 42.2 Å². The molecule has 0 aliphatic heterocycles. The molecule has 0 radical (unpaired) electrons. The van der Waals surface area contributed by atoms with E-state index in [1.807, 2.05) is 13.0 Å². The summed E-state index contributed by atoms with van der Waals surface area (Å²) in [5.74, 6) is 0.846. The van der Waals surface area contributed by atoms with Crippen molar-refractivity contribution >= 4 is 5.84 Å². The van der Waals surface area contributed by atoms with Crippen LogP contribution in [0.15, 0.2) is 23.0 Å². The maximum Gasteiger partial charge on any atom is 0.239 e. The van der Waals surface area contributed by atoms with Crippen molar-refractivity contribution in [3.05, 3.63) is 24.2 Å². The smallest absolute Gasteiger partial charge is 0.239 e. The third-order valence-electron chi connectivity index (χ3n) is 1.83. The summed E-state index contributed by atoms with van der Waals surface area (Å²) in [5, 5.41) is 0. The largest absolute Gasteiger partial charge is 0.472 e. The van der Waals surface area contributed by atoms with Gasteiger partial charge in [-0.25, -0.2) is 0 Å². The van der Waals surface area contributed by atoms with Crippen LogP contribution in [0.3, 0.4) is 0 Å². The van der Waals surface area contributed by atoms with Gasteiger partial charge in [0.15, 0.2) is 0 Å². The fourth-order valence-corrected chi connectivity index (χ4v) is 1.09. The molecular weight excluding hydrogens is 152 g/mol. The van der Waals surface area contributed by atoms with Crippen molar-refractivity contribution in [1.29, 1.82) is 0 Å². The summed E-state index contributed by atoms with van der Waals surface area (Å²) in [5.41, 5.74) is 6.83. The van der Waals surface area contributed by atoms with E-state index in [9.17, 15) is 0 Å². The molecule has 0 aliphatic rings. The Morgan fingerprint density at radius 3 is 2.83 bits per heavy atom. The number of rotatable bonds is 3. The second kappa shape index (κ2) is 3.95. The summed E-state index contributed by atoms with van der Waals surface area (Å²) in [6, 6.07) is 1.95. The van der Waals surface area contributed by atoms with Crippen molar-refractivity contribution in [2.75, 3.05) is 6.54 Å². The average molecular weight is 167 g/mol. The lowest BCUT2D eigenvalue weighted by Crippen LogP contribution is -2.25. The van der Waals surface area contributed by atoms with E-state index < -0.39 is 0 Å². The maximum absolute atomic E-state index is 5.68. The van der Waals surface area contributed by atoms with Gasteiger partial charge in [0.1, 0.15) is 6.54 Å². The van der Waals surface area contributed by atoms with Crippen LogP contribution in [-0.2, 0) is 6.54 Å². The monoisotopic (exact) mass is 167 g/mol. The normalized spacial score (nSPS) is 12.8. The molecule has 0 aliphatic carbocycles. The van der Waals surface area contributed by atoms with E-state index in [2.05, 4.69) is 11.5 Å². The van der Waals surface area contributed by atoms with E-state index in [1.54, 1.807) is 12.5 Å². The zero-order valence-electron chi connectivity index (χ0n) is 7.58. The molecule has 3 nitrogen and oxygen atoms in total. The molecule has 0 amide bonds. The van der Waals surface area contributed by atoms with Crippen LogP contribution in [-0.4, -0.2) is 17.0 Å². The molecule has 0 spiro atoms. The minimum Gasteiger partial charge on any atom is -0.472 e. The summed E-state index contributed by atoms with van der Waals surface area (Å²) in [4.78, 5) is 0. The lowest BCUT2D eigenvalue weighted by Gasteiger charge is -2.02. The molecule has 0 atom stereocenters. The van der Waals surface area contributed by atoms with Gasteiger partial charge in [-0.05, 0) is 13.0 Å². The van der Waals surface area contributed by atoms with Crippen molar-refractivity contribution < 1.29 is 8.99 Å². The van der Waals surface area contributed by atoms with Crippen LogP contribution < -0.4 is 5.73 Å². The van der Waals surface area contributed by atoms with Crippen LogP contribution in [0, 0.1) is 0 Å². The van der Waals surface area contributed by atoms with Crippen LogP contribution in [0.25, 0.3) is 0 Å². The maximum atomic E-state index is 5.68. The Labute approximate surface area is 72.5 Å². The fourth-order valence-electron chi connectivity index (χ4n) is 1.09. The van der Waals surface area contributed by atoms with Crippen LogP contribution in [0.2, 0.25) is 0 Å². The lowest BCUT2D eigenvalue weighted by atomic mass is 10.3. The first-order chi connectivity index (χ1) is 5.74. The van der Waals surface area contributed by atoms with Crippen molar-refractivity contribution in [3.8, 4) is 0 Å². The predicted molar refractivity (Wildman–Crippen MR) is 48.1 cm³/mol. The molecule has 0 bridgehead atoms. The van der Waals surface area contributed by atoms with E-state index in [4.69, 9.17) is 10.2 Å². The summed E-state index contributed by atoms with van der Waals surface area (Å²) < 4.78 is 7.05. The fraction of sp³-hybridized carbons (Fsp3) is 0.444. The van der Waals surface area contributed by atoms with E-state index in [-0.39, 0.29) is 0 Å². The SMILES string of the molecule is CC[N+](Cc1ccoc1)=C(C)N. The summed E-state index contributed by atoms with van der Waals surface area (Å²) in [6.45, 7) is 5.74. The van der Waals surface area contributed by atoms with Crippen molar-refractivity contribution in [2.45, 2.75) is 20.4 Å². The molecule has 1 heterocycles. The highest BCUT2D eigenvalue weighted by molar-refractivity contribution is 5.72. The molecule has 1 rings (SSSR count). The Bertz CT molecular complexity index is 258. The third-order valence-corrected chi connectivity index (χ3v) is 1.83. The molecule has 0 unspecified atom stereocenters. The lowest BCUT2D eigenvalue weighted by molar-refractivity contribution is -0.541.